The number of halogens is 1. The maximum absolute atomic E-state index is 13.5. The van der Waals surface area contributed by atoms with Crippen molar-refractivity contribution < 1.29 is 19.1 Å². The van der Waals surface area contributed by atoms with E-state index in [2.05, 4.69) is 15.2 Å². The summed E-state index contributed by atoms with van der Waals surface area (Å²) in [6, 6.07) is 13.8. The Kier molecular flexibility index (Phi) is 5.79. The molecule has 1 aliphatic heterocycles. The number of benzene rings is 2. The number of H-pyrrole nitrogens is 1. The normalized spacial score (nSPS) is 15.2. The molecule has 7 nitrogen and oxygen atoms in total. The number of piperazine rings is 1. The number of nitrogens with zero attached hydrogens (tertiary/aromatic N) is 2. The maximum atomic E-state index is 13.5. The first-order chi connectivity index (χ1) is 14.9. The molecule has 1 saturated heterocycles. The molecule has 0 bridgehead atoms. The van der Waals surface area contributed by atoms with Crippen LogP contribution in [0.1, 0.15) is 24.8 Å². The number of carboxylic acids is 1. The second-order valence-corrected chi connectivity index (χ2v) is 7.84. The van der Waals surface area contributed by atoms with Crippen LogP contribution >= 0.6 is 0 Å². The fraction of sp³-hybridized carbons (Fsp3) is 0.304. The van der Waals surface area contributed by atoms with Crippen molar-refractivity contribution in [3.63, 3.8) is 0 Å². The summed E-state index contributed by atoms with van der Waals surface area (Å²) in [5.41, 5.74) is 2.45. The Labute approximate surface area is 179 Å². The second-order valence-electron chi connectivity index (χ2n) is 7.84. The quantitative estimate of drug-likeness (QED) is 0.572. The van der Waals surface area contributed by atoms with Crippen molar-refractivity contribution in [2.24, 2.45) is 0 Å². The fourth-order valence-corrected chi connectivity index (χ4v) is 4.16. The smallest absolute Gasteiger partial charge is 0.323 e. The number of para-hydroxylation sites is 1. The molecule has 3 aromatic rings. The summed E-state index contributed by atoms with van der Waals surface area (Å²) >= 11 is 0. The largest absolute Gasteiger partial charge is 0.481 e. The van der Waals surface area contributed by atoms with Crippen LogP contribution < -0.4 is 10.2 Å². The number of nitrogens with one attached hydrogen (secondary N) is 2. The van der Waals surface area contributed by atoms with Crippen LogP contribution in [-0.4, -0.2) is 53.2 Å². The van der Waals surface area contributed by atoms with Gasteiger partial charge in [-0.15, -0.1) is 0 Å². The molecule has 1 unspecified atom stereocenters. The van der Waals surface area contributed by atoms with Gasteiger partial charge in [0.05, 0.1) is 6.42 Å². The highest BCUT2D eigenvalue weighted by atomic mass is 19.1. The van der Waals surface area contributed by atoms with Crippen LogP contribution in [0, 0.1) is 5.82 Å². The van der Waals surface area contributed by atoms with Crippen LogP contribution in [-0.2, 0) is 4.79 Å². The lowest BCUT2D eigenvalue weighted by Crippen LogP contribution is -2.50. The summed E-state index contributed by atoms with van der Waals surface area (Å²) in [6.07, 6.45) is -0.0307. The number of carbonyl (C=O) groups is 2. The molecule has 2 aromatic carbocycles. The first-order valence-electron chi connectivity index (χ1n) is 10.3. The van der Waals surface area contributed by atoms with Crippen molar-refractivity contribution in [3.8, 4) is 0 Å². The van der Waals surface area contributed by atoms with E-state index in [0.29, 0.717) is 32.0 Å². The lowest BCUT2D eigenvalue weighted by molar-refractivity contribution is -0.137. The Balaban J connectivity index is 1.48. The number of hydrogen-bond acceptors (Lipinski definition) is 3. The molecule has 31 heavy (non-hydrogen) atoms. The number of aromatic nitrogens is 1. The maximum Gasteiger partial charge on any atom is 0.323 e. The molecule has 162 valence electrons. The molecule has 3 N–H and O–H groups in total. The highest BCUT2D eigenvalue weighted by Crippen LogP contribution is 2.34. The Bertz CT molecular complexity index is 1110. The molecule has 1 aromatic heterocycles. The zero-order chi connectivity index (χ0) is 22.0. The van der Waals surface area contributed by atoms with Gasteiger partial charge in [0, 0.05) is 48.3 Å². The van der Waals surface area contributed by atoms with Gasteiger partial charge in [0.15, 0.2) is 0 Å². The molecule has 0 aliphatic carbocycles. The number of amides is 2. The molecule has 1 aliphatic rings. The highest BCUT2D eigenvalue weighted by molar-refractivity contribution is 5.97. The molecule has 2 amide bonds. The Morgan fingerprint density at radius 2 is 1.87 bits per heavy atom. The number of carbonyl (C=O) groups excluding carboxylic acids is 1. The van der Waals surface area contributed by atoms with Crippen LogP contribution in [0.3, 0.4) is 0 Å². The average molecular weight is 424 g/mol. The summed E-state index contributed by atoms with van der Waals surface area (Å²) in [4.78, 5) is 31.2. The van der Waals surface area contributed by atoms with E-state index in [4.69, 9.17) is 0 Å². The van der Waals surface area contributed by atoms with Crippen molar-refractivity contribution in [2.75, 3.05) is 36.4 Å². The van der Waals surface area contributed by atoms with Crippen LogP contribution in [0.25, 0.3) is 10.9 Å². The Hall–Kier alpha value is -3.55. The van der Waals surface area contributed by atoms with Crippen LogP contribution in [0.2, 0.25) is 0 Å². The van der Waals surface area contributed by atoms with Gasteiger partial charge in [-0.3, -0.25) is 10.1 Å². The van der Waals surface area contributed by atoms with Gasteiger partial charge in [-0.2, -0.15) is 0 Å². The van der Waals surface area contributed by atoms with Crippen molar-refractivity contribution in [3.05, 3.63) is 59.9 Å². The second kappa shape index (κ2) is 8.67. The lowest BCUT2D eigenvalue weighted by atomic mass is 9.96. The van der Waals surface area contributed by atoms with Gasteiger partial charge < -0.3 is 19.9 Å². The number of aromatic amines is 1. The van der Waals surface area contributed by atoms with Crippen LogP contribution in [0.4, 0.5) is 20.7 Å². The number of carboxylic acid groups (broad SMARTS) is 1. The molecular weight excluding hydrogens is 399 g/mol. The first-order valence-corrected chi connectivity index (χ1v) is 10.3. The van der Waals surface area contributed by atoms with Gasteiger partial charge in [0.25, 0.3) is 0 Å². The van der Waals surface area contributed by atoms with Gasteiger partial charge in [-0.1, -0.05) is 31.2 Å². The molecule has 2 heterocycles. The van der Waals surface area contributed by atoms with E-state index in [1.54, 1.807) is 11.0 Å². The lowest BCUT2D eigenvalue weighted by Gasteiger charge is -2.36. The minimum atomic E-state index is -0.886. The summed E-state index contributed by atoms with van der Waals surface area (Å²) in [6.45, 7) is 4.06. The third-order valence-electron chi connectivity index (χ3n) is 5.69. The number of anilines is 2. The molecule has 1 fully saturated rings. The van der Waals surface area contributed by atoms with E-state index in [1.807, 2.05) is 37.3 Å². The molecule has 0 radical (unpaired) electrons. The number of rotatable bonds is 5. The van der Waals surface area contributed by atoms with Gasteiger partial charge in [-0.05, 0) is 30.2 Å². The Morgan fingerprint density at radius 1 is 1.13 bits per heavy atom. The minimum Gasteiger partial charge on any atom is -0.481 e. The number of aliphatic carboxylic acids is 1. The van der Waals surface area contributed by atoms with Gasteiger partial charge >= 0.3 is 12.0 Å². The zero-order valence-corrected chi connectivity index (χ0v) is 17.3. The standard InChI is InChI=1S/C23H25FN4O3/c1-15(13-20(29)30)21-18-7-2-3-8-19(18)25-22(21)26-23(31)28-11-9-27(10-12-28)17-6-4-5-16(24)14-17/h2-8,14-15,25H,9-13H2,1H3,(H,26,31)(H,29,30). The monoisotopic (exact) mass is 424 g/mol. The van der Waals surface area contributed by atoms with Crippen molar-refractivity contribution in [1.82, 2.24) is 9.88 Å². The van der Waals surface area contributed by atoms with E-state index in [-0.39, 0.29) is 24.2 Å². The van der Waals surface area contributed by atoms with Gasteiger partial charge in [0.2, 0.25) is 0 Å². The number of urea groups is 1. The topological polar surface area (TPSA) is 88.7 Å². The number of hydrogen-bond donors (Lipinski definition) is 3. The fourth-order valence-electron chi connectivity index (χ4n) is 4.16. The SMILES string of the molecule is CC(CC(=O)O)c1c(NC(=O)N2CCN(c3cccc(F)c3)CC2)[nH]c2ccccc12. The predicted octanol–water partition coefficient (Wildman–Crippen LogP) is 4.24. The average Bonchev–Trinajstić information content (AvgIpc) is 3.11. The Morgan fingerprint density at radius 3 is 2.58 bits per heavy atom. The van der Waals surface area contributed by atoms with E-state index >= 15 is 0 Å². The van der Waals surface area contributed by atoms with E-state index in [0.717, 1.165) is 22.2 Å². The van der Waals surface area contributed by atoms with Crippen molar-refractivity contribution in [2.45, 2.75) is 19.3 Å². The molecule has 4 rings (SSSR count). The summed E-state index contributed by atoms with van der Waals surface area (Å²) in [5, 5.41) is 13.1. The van der Waals surface area contributed by atoms with E-state index < -0.39 is 5.97 Å². The third kappa shape index (κ3) is 4.47. The van der Waals surface area contributed by atoms with E-state index in [1.165, 1.54) is 12.1 Å². The van der Waals surface area contributed by atoms with Crippen LogP contribution in [0.15, 0.2) is 48.5 Å². The van der Waals surface area contributed by atoms with Gasteiger partial charge in [0.1, 0.15) is 11.6 Å². The zero-order valence-electron chi connectivity index (χ0n) is 17.3. The summed E-state index contributed by atoms with van der Waals surface area (Å²) in [7, 11) is 0. The van der Waals surface area contributed by atoms with Gasteiger partial charge in [-0.25, -0.2) is 9.18 Å². The van der Waals surface area contributed by atoms with E-state index in [9.17, 15) is 19.1 Å². The van der Waals surface area contributed by atoms with Crippen molar-refractivity contribution >= 4 is 34.4 Å². The summed E-state index contributed by atoms with van der Waals surface area (Å²) < 4.78 is 13.5. The minimum absolute atomic E-state index is 0.0307. The predicted molar refractivity (Wildman–Crippen MR) is 118 cm³/mol. The molecular formula is C23H25FN4O3. The third-order valence-corrected chi connectivity index (χ3v) is 5.69. The highest BCUT2D eigenvalue weighted by Gasteiger charge is 2.25. The number of fused-ring (bicyclic) bond motifs is 1. The molecule has 1 atom stereocenters. The first kappa shape index (κ1) is 20.7. The molecule has 0 spiro atoms. The van der Waals surface area contributed by atoms with Crippen molar-refractivity contribution in [1.29, 1.82) is 0 Å². The summed E-state index contributed by atoms with van der Waals surface area (Å²) in [5.74, 6) is -0.899. The molecule has 8 heteroatoms. The molecule has 0 saturated carbocycles. The van der Waals surface area contributed by atoms with Crippen LogP contribution in [0.5, 0.6) is 0 Å².